The highest BCUT2D eigenvalue weighted by molar-refractivity contribution is 14.1. The zero-order chi connectivity index (χ0) is 9.42. The molecule has 1 N–H and O–H groups in total. The molecule has 0 bridgehead atoms. The summed E-state index contributed by atoms with van der Waals surface area (Å²) >= 11 is 2.04. The maximum atomic E-state index is 10.6. The molecular formula is C8H5IN2O2. The molecule has 0 radical (unpaired) electrons. The van der Waals surface area contributed by atoms with Crippen LogP contribution >= 0.6 is 22.9 Å². The fourth-order valence-electron chi connectivity index (χ4n) is 1.13. The zero-order valence-electron chi connectivity index (χ0n) is 6.44. The summed E-state index contributed by atoms with van der Waals surface area (Å²) in [6.45, 7) is 0. The molecule has 1 aromatic carbocycles. The van der Waals surface area contributed by atoms with Gasteiger partial charge in [-0.15, -0.1) is 0 Å². The van der Waals surface area contributed by atoms with Crippen LogP contribution in [0.25, 0.3) is 10.9 Å². The summed E-state index contributed by atoms with van der Waals surface area (Å²) < 4.78 is 1.68. The number of hydrogen-bond acceptors (Lipinski definition) is 2. The third kappa shape index (κ3) is 1.39. The van der Waals surface area contributed by atoms with E-state index < -0.39 is 5.97 Å². The van der Waals surface area contributed by atoms with Crippen LogP contribution in [-0.2, 0) is 0 Å². The lowest BCUT2D eigenvalue weighted by molar-refractivity contribution is 0.0697. The summed E-state index contributed by atoms with van der Waals surface area (Å²) in [6, 6.07) is 4.93. The molecule has 0 saturated heterocycles. The minimum Gasteiger partial charge on any atom is -0.478 e. The lowest BCUT2D eigenvalue weighted by atomic mass is 10.2. The Balaban J connectivity index is 2.70. The number of hydrogen-bond donors (Lipinski definition) is 1. The van der Waals surface area contributed by atoms with Crippen LogP contribution in [0, 0.1) is 0 Å². The summed E-state index contributed by atoms with van der Waals surface area (Å²) in [6.07, 6.45) is 1.65. The smallest absolute Gasteiger partial charge is 0.335 e. The Morgan fingerprint density at radius 1 is 1.54 bits per heavy atom. The van der Waals surface area contributed by atoms with Gasteiger partial charge in [-0.1, -0.05) is 0 Å². The monoisotopic (exact) mass is 288 g/mol. The number of carbonyl (C=O) groups is 1. The molecule has 0 saturated carbocycles. The van der Waals surface area contributed by atoms with Gasteiger partial charge in [-0.05, 0) is 18.2 Å². The minimum absolute atomic E-state index is 0.289. The predicted molar refractivity (Wildman–Crippen MR) is 56.1 cm³/mol. The number of aromatic nitrogens is 2. The van der Waals surface area contributed by atoms with Crippen molar-refractivity contribution in [1.82, 2.24) is 7.99 Å². The molecule has 5 heteroatoms. The van der Waals surface area contributed by atoms with Crippen molar-refractivity contribution in [1.29, 1.82) is 0 Å². The first-order chi connectivity index (χ1) is 6.18. The van der Waals surface area contributed by atoms with Gasteiger partial charge in [0.15, 0.2) is 0 Å². The molecule has 66 valence electrons. The summed E-state index contributed by atoms with van der Waals surface area (Å²) in [5.74, 6) is -0.914. The highest BCUT2D eigenvalue weighted by atomic mass is 127. The first kappa shape index (κ1) is 8.49. The van der Waals surface area contributed by atoms with E-state index in [2.05, 4.69) is 5.10 Å². The Morgan fingerprint density at radius 3 is 3.00 bits per heavy atom. The van der Waals surface area contributed by atoms with E-state index in [9.17, 15) is 4.79 Å². The Labute approximate surface area is 87.7 Å². The van der Waals surface area contributed by atoms with Crippen molar-refractivity contribution in [3.8, 4) is 0 Å². The van der Waals surface area contributed by atoms with Crippen molar-refractivity contribution in [3.05, 3.63) is 30.0 Å². The zero-order valence-corrected chi connectivity index (χ0v) is 8.59. The molecule has 0 spiro atoms. The Hall–Kier alpha value is -1.11. The number of nitrogens with zero attached hydrogens (tertiary/aromatic N) is 2. The number of benzene rings is 1. The van der Waals surface area contributed by atoms with Gasteiger partial charge < -0.3 is 5.11 Å². The second-order valence-electron chi connectivity index (χ2n) is 2.58. The first-order valence-electron chi connectivity index (χ1n) is 3.56. The molecule has 1 heterocycles. The van der Waals surface area contributed by atoms with E-state index in [4.69, 9.17) is 5.11 Å². The van der Waals surface area contributed by atoms with Gasteiger partial charge in [-0.3, -0.25) is 0 Å². The summed E-state index contributed by atoms with van der Waals surface area (Å²) in [4.78, 5) is 10.6. The van der Waals surface area contributed by atoms with Crippen LogP contribution in [0.2, 0.25) is 0 Å². The largest absolute Gasteiger partial charge is 0.478 e. The summed E-state index contributed by atoms with van der Waals surface area (Å²) in [5.41, 5.74) is 1.21. The number of fused-ring (bicyclic) bond motifs is 1. The van der Waals surface area contributed by atoms with E-state index in [-0.39, 0.29) is 5.56 Å². The lowest BCUT2D eigenvalue weighted by Gasteiger charge is -1.94. The Bertz CT molecular complexity index is 478. The van der Waals surface area contributed by atoms with E-state index in [0.29, 0.717) is 0 Å². The van der Waals surface area contributed by atoms with Crippen molar-refractivity contribution >= 4 is 39.7 Å². The molecule has 0 atom stereocenters. The average Bonchev–Trinajstić information content (AvgIpc) is 2.47. The first-order valence-corrected chi connectivity index (χ1v) is 4.52. The van der Waals surface area contributed by atoms with E-state index in [1.807, 2.05) is 22.9 Å². The second-order valence-corrected chi connectivity index (χ2v) is 3.50. The normalized spacial score (nSPS) is 10.5. The van der Waals surface area contributed by atoms with Gasteiger partial charge in [0.2, 0.25) is 0 Å². The molecule has 4 nitrogen and oxygen atoms in total. The van der Waals surface area contributed by atoms with Crippen molar-refractivity contribution in [2.75, 3.05) is 0 Å². The molecule has 0 aliphatic carbocycles. The van der Waals surface area contributed by atoms with Crippen molar-refractivity contribution < 1.29 is 9.90 Å². The van der Waals surface area contributed by atoms with Crippen molar-refractivity contribution in [3.63, 3.8) is 0 Å². The molecule has 0 amide bonds. The van der Waals surface area contributed by atoms with E-state index in [1.165, 1.54) is 0 Å². The highest BCUT2D eigenvalue weighted by Crippen LogP contribution is 2.17. The molecule has 13 heavy (non-hydrogen) atoms. The molecule has 0 aliphatic heterocycles. The summed E-state index contributed by atoms with van der Waals surface area (Å²) in [5, 5.41) is 13.6. The van der Waals surface area contributed by atoms with Crippen LogP contribution < -0.4 is 0 Å². The third-order valence-corrected chi connectivity index (χ3v) is 2.54. The predicted octanol–water partition coefficient (Wildman–Crippen LogP) is 1.93. The molecule has 1 aromatic heterocycles. The number of carboxylic acids is 1. The van der Waals surface area contributed by atoms with Crippen LogP contribution in [-0.4, -0.2) is 19.1 Å². The van der Waals surface area contributed by atoms with Crippen LogP contribution in [0.3, 0.4) is 0 Å². The third-order valence-electron chi connectivity index (χ3n) is 1.77. The maximum absolute atomic E-state index is 10.6. The van der Waals surface area contributed by atoms with Crippen LogP contribution in [0.4, 0.5) is 0 Å². The maximum Gasteiger partial charge on any atom is 0.335 e. The SMILES string of the molecule is O=C(O)c1ccc2c(cnn2I)c1. The number of halogens is 1. The topological polar surface area (TPSA) is 55.1 Å². The molecule has 0 aliphatic rings. The molecule has 0 fully saturated rings. The van der Waals surface area contributed by atoms with E-state index in [1.54, 1.807) is 27.3 Å². The highest BCUT2D eigenvalue weighted by Gasteiger charge is 2.05. The molecular weight excluding hydrogens is 283 g/mol. The average molecular weight is 288 g/mol. The molecule has 0 unspecified atom stereocenters. The Kier molecular flexibility index (Phi) is 1.95. The summed E-state index contributed by atoms with van der Waals surface area (Å²) in [7, 11) is 0. The van der Waals surface area contributed by atoms with Gasteiger partial charge >= 0.3 is 5.97 Å². The van der Waals surface area contributed by atoms with E-state index in [0.717, 1.165) is 10.9 Å². The van der Waals surface area contributed by atoms with E-state index >= 15 is 0 Å². The minimum atomic E-state index is -0.914. The van der Waals surface area contributed by atoms with Crippen LogP contribution in [0.5, 0.6) is 0 Å². The van der Waals surface area contributed by atoms with Gasteiger partial charge in [-0.2, -0.15) is 5.10 Å². The Morgan fingerprint density at radius 2 is 2.31 bits per heavy atom. The molecule has 2 rings (SSSR count). The van der Waals surface area contributed by atoms with Crippen molar-refractivity contribution in [2.45, 2.75) is 0 Å². The number of rotatable bonds is 1. The number of carboxylic acid groups (broad SMARTS) is 1. The van der Waals surface area contributed by atoms with Crippen LogP contribution in [0.1, 0.15) is 10.4 Å². The molecule has 2 aromatic rings. The van der Waals surface area contributed by atoms with Crippen molar-refractivity contribution in [2.24, 2.45) is 0 Å². The van der Waals surface area contributed by atoms with Gasteiger partial charge in [0.25, 0.3) is 0 Å². The fraction of sp³-hybridized carbons (Fsp3) is 0. The number of aromatic carboxylic acids is 1. The standard InChI is InChI=1S/C8H5IN2O2/c9-11-7-2-1-5(8(12)13)3-6(7)4-10-11/h1-4H,(H,12,13). The van der Waals surface area contributed by atoms with Gasteiger partial charge in [0.05, 0.1) is 40.1 Å². The van der Waals surface area contributed by atoms with Crippen LogP contribution in [0.15, 0.2) is 24.4 Å². The van der Waals surface area contributed by atoms with Gasteiger partial charge in [-0.25, -0.2) is 7.69 Å². The second kappa shape index (κ2) is 2.99. The fourth-order valence-corrected chi connectivity index (χ4v) is 1.70. The van der Waals surface area contributed by atoms with Gasteiger partial charge in [0, 0.05) is 5.39 Å². The van der Waals surface area contributed by atoms with Gasteiger partial charge in [0.1, 0.15) is 0 Å². The quantitative estimate of drug-likeness (QED) is 0.816. The lowest BCUT2D eigenvalue weighted by Crippen LogP contribution is -1.94.